The first-order valence-corrected chi connectivity index (χ1v) is 10.2. The Hall–Kier alpha value is -3.05. The summed E-state index contributed by atoms with van der Waals surface area (Å²) < 4.78 is 95.9. The fraction of sp³-hybridized carbons (Fsp3) is 0.150. The van der Waals surface area contributed by atoms with Crippen LogP contribution in [0.1, 0.15) is 16.8 Å². The van der Waals surface area contributed by atoms with Crippen molar-refractivity contribution in [2.45, 2.75) is 24.3 Å². The number of benzene rings is 2. The lowest BCUT2D eigenvalue weighted by atomic mass is 10.2. The van der Waals surface area contributed by atoms with Gasteiger partial charge in [0, 0.05) is 0 Å². The number of pyridine rings is 1. The van der Waals surface area contributed by atoms with Gasteiger partial charge < -0.3 is 4.74 Å². The van der Waals surface area contributed by atoms with Gasteiger partial charge in [-0.25, -0.2) is 9.37 Å². The molecule has 0 spiro atoms. The Kier molecular flexibility index (Phi) is 6.56. The van der Waals surface area contributed by atoms with Gasteiger partial charge in [0.25, 0.3) is 10.0 Å². The molecule has 0 bridgehead atoms. The third-order valence-electron chi connectivity index (χ3n) is 4.05. The van der Waals surface area contributed by atoms with Gasteiger partial charge in [0.1, 0.15) is 5.82 Å². The molecule has 1 heterocycles. The number of ether oxygens (including phenoxy) is 1. The van der Waals surface area contributed by atoms with Crippen LogP contribution in [0.2, 0.25) is 0 Å². The standard InChI is InChI=1S/C20H15F5N2O3S/c21-16-6-1-4-14(10-16)12-30-13-17-7-3-9-19(26-17)27(25)31(28,29)18-8-2-5-15(11-18)20(22,23)24/h1-11H,12-13H2. The number of sulfonamides is 1. The van der Waals surface area contributed by atoms with Crippen molar-refractivity contribution in [3.05, 3.63) is 89.4 Å². The zero-order valence-corrected chi connectivity index (χ0v) is 16.5. The van der Waals surface area contributed by atoms with E-state index in [0.29, 0.717) is 17.7 Å². The number of nitrogens with zero attached hydrogens (tertiary/aromatic N) is 2. The van der Waals surface area contributed by atoms with Crippen LogP contribution in [-0.4, -0.2) is 13.4 Å². The van der Waals surface area contributed by atoms with Crippen molar-refractivity contribution in [1.82, 2.24) is 4.98 Å². The molecule has 0 radical (unpaired) electrons. The maximum atomic E-state index is 14.7. The second-order valence-corrected chi connectivity index (χ2v) is 8.10. The zero-order chi connectivity index (χ0) is 22.6. The normalized spacial score (nSPS) is 12.0. The molecule has 0 unspecified atom stereocenters. The quantitative estimate of drug-likeness (QED) is 0.368. The molecule has 11 heteroatoms. The molecule has 31 heavy (non-hydrogen) atoms. The van der Waals surface area contributed by atoms with Crippen LogP contribution in [0.5, 0.6) is 0 Å². The smallest absolute Gasteiger partial charge is 0.370 e. The maximum Gasteiger partial charge on any atom is 0.416 e. The molecule has 1 aromatic heterocycles. The molecule has 0 amide bonds. The van der Waals surface area contributed by atoms with Crippen LogP contribution in [0.3, 0.4) is 0 Å². The number of hydrogen-bond acceptors (Lipinski definition) is 4. The molecule has 0 saturated carbocycles. The van der Waals surface area contributed by atoms with Gasteiger partial charge in [0.15, 0.2) is 5.82 Å². The van der Waals surface area contributed by atoms with Crippen LogP contribution >= 0.6 is 0 Å². The van der Waals surface area contributed by atoms with Crippen molar-refractivity contribution in [3.8, 4) is 0 Å². The number of hydrogen-bond donors (Lipinski definition) is 0. The molecule has 0 atom stereocenters. The Morgan fingerprint density at radius 3 is 2.35 bits per heavy atom. The highest BCUT2D eigenvalue weighted by atomic mass is 32.2. The van der Waals surface area contributed by atoms with Crippen LogP contribution in [0, 0.1) is 5.82 Å². The van der Waals surface area contributed by atoms with Gasteiger partial charge in [-0.05, 0) is 48.0 Å². The van der Waals surface area contributed by atoms with E-state index in [1.165, 1.54) is 30.3 Å². The van der Waals surface area contributed by atoms with E-state index in [-0.39, 0.29) is 18.9 Å². The van der Waals surface area contributed by atoms with Crippen molar-refractivity contribution in [2.24, 2.45) is 0 Å². The van der Waals surface area contributed by atoms with E-state index in [0.717, 1.165) is 18.2 Å². The molecule has 2 aromatic carbocycles. The molecule has 164 valence electrons. The van der Waals surface area contributed by atoms with Gasteiger partial charge in [-0.1, -0.05) is 33.3 Å². The Bertz CT molecular complexity index is 1170. The molecule has 0 aliphatic rings. The average Bonchev–Trinajstić information content (AvgIpc) is 2.73. The van der Waals surface area contributed by atoms with E-state index >= 15 is 0 Å². The van der Waals surface area contributed by atoms with Gasteiger partial charge in [-0.15, -0.1) is 0 Å². The Morgan fingerprint density at radius 1 is 0.935 bits per heavy atom. The van der Waals surface area contributed by atoms with Crippen LogP contribution in [0.15, 0.2) is 71.6 Å². The number of halogens is 5. The SMILES string of the molecule is O=S(=O)(c1cccc(C(F)(F)F)c1)N(F)c1cccc(COCc2cccc(F)c2)n1. The monoisotopic (exact) mass is 458 g/mol. The fourth-order valence-electron chi connectivity index (χ4n) is 2.59. The number of alkyl halides is 3. The lowest BCUT2D eigenvalue weighted by Gasteiger charge is -2.15. The van der Waals surface area contributed by atoms with E-state index in [2.05, 4.69) is 4.98 Å². The largest absolute Gasteiger partial charge is 0.416 e. The van der Waals surface area contributed by atoms with Crippen LogP contribution < -0.4 is 4.53 Å². The minimum Gasteiger partial charge on any atom is -0.370 e. The van der Waals surface area contributed by atoms with Gasteiger partial charge >= 0.3 is 6.18 Å². The average molecular weight is 458 g/mol. The lowest BCUT2D eigenvalue weighted by molar-refractivity contribution is -0.137. The number of aromatic nitrogens is 1. The minimum absolute atomic E-state index is 0.0333. The maximum absolute atomic E-state index is 14.7. The Morgan fingerprint density at radius 2 is 1.65 bits per heavy atom. The van der Waals surface area contributed by atoms with Crippen molar-refractivity contribution >= 4 is 15.8 Å². The molecule has 0 aliphatic carbocycles. The second-order valence-electron chi connectivity index (χ2n) is 6.36. The highest BCUT2D eigenvalue weighted by molar-refractivity contribution is 7.92. The highest BCUT2D eigenvalue weighted by Gasteiger charge is 2.33. The van der Waals surface area contributed by atoms with Crippen molar-refractivity contribution in [1.29, 1.82) is 0 Å². The molecule has 5 nitrogen and oxygen atoms in total. The van der Waals surface area contributed by atoms with Gasteiger partial charge in [0.2, 0.25) is 0 Å². The first kappa shape index (κ1) is 22.6. The van der Waals surface area contributed by atoms with E-state index in [1.807, 2.05) is 0 Å². The minimum atomic E-state index is -4.94. The summed E-state index contributed by atoms with van der Waals surface area (Å²) >= 11 is 0. The molecular formula is C20H15F5N2O3S. The van der Waals surface area contributed by atoms with Crippen molar-refractivity contribution in [3.63, 3.8) is 0 Å². The summed E-state index contributed by atoms with van der Waals surface area (Å²) in [6, 6.07) is 12.2. The van der Waals surface area contributed by atoms with E-state index in [1.54, 1.807) is 6.07 Å². The zero-order valence-electron chi connectivity index (χ0n) is 15.7. The summed E-state index contributed by atoms with van der Waals surface area (Å²) in [5, 5.41) is 0. The van der Waals surface area contributed by atoms with Crippen LogP contribution in [0.25, 0.3) is 0 Å². The Balaban J connectivity index is 1.75. The summed E-state index contributed by atoms with van der Waals surface area (Å²) in [6.45, 7) is -0.104. The summed E-state index contributed by atoms with van der Waals surface area (Å²) in [4.78, 5) is 2.96. The number of rotatable bonds is 7. The summed E-state index contributed by atoms with van der Waals surface area (Å²) in [7, 11) is -4.94. The van der Waals surface area contributed by atoms with E-state index < -0.39 is 42.8 Å². The fourth-order valence-corrected chi connectivity index (χ4v) is 3.65. The third-order valence-corrected chi connectivity index (χ3v) is 5.51. The van der Waals surface area contributed by atoms with Crippen LogP contribution in [-0.2, 0) is 34.2 Å². The lowest BCUT2D eigenvalue weighted by Crippen LogP contribution is -2.24. The third kappa shape index (κ3) is 5.56. The van der Waals surface area contributed by atoms with Crippen molar-refractivity contribution < 1.29 is 35.2 Å². The topological polar surface area (TPSA) is 59.5 Å². The Labute approximate surface area is 174 Å². The second kappa shape index (κ2) is 8.98. The first-order valence-electron chi connectivity index (χ1n) is 8.74. The van der Waals surface area contributed by atoms with Gasteiger partial charge in [0.05, 0.1) is 29.4 Å². The molecular weight excluding hydrogens is 443 g/mol. The van der Waals surface area contributed by atoms with E-state index in [9.17, 15) is 30.5 Å². The highest BCUT2D eigenvalue weighted by Crippen LogP contribution is 2.32. The molecule has 0 saturated heterocycles. The molecule has 0 aliphatic heterocycles. The molecule has 0 N–H and O–H groups in total. The summed E-state index contributed by atoms with van der Waals surface area (Å²) in [5.74, 6) is -1.08. The summed E-state index contributed by atoms with van der Waals surface area (Å²) in [6.07, 6.45) is -4.79. The van der Waals surface area contributed by atoms with Gasteiger partial charge in [-0.3, -0.25) is 0 Å². The number of anilines is 1. The summed E-state index contributed by atoms with van der Waals surface area (Å²) in [5.41, 5.74) is -0.513. The van der Waals surface area contributed by atoms with Crippen molar-refractivity contribution in [2.75, 3.05) is 4.53 Å². The van der Waals surface area contributed by atoms with Crippen LogP contribution in [0.4, 0.5) is 27.9 Å². The van der Waals surface area contributed by atoms with E-state index in [4.69, 9.17) is 4.74 Å². The molecule has 3 rings (SSSR count). The molecule has 3 aromatic rings. The predicted octanol–water partition coefficient (Wildman–Crippen LogP) is 5.04. The molecule has 0 fully saturated rings. The van der Waals surface area contributed by atoms with Gasteiger partial charge in [-0.2, -0.15) is 21.6 Å². The predicted molar refractivity (Wildman–Crippen MR) is 101 cm³/mol. The first-order chi connectivity index (χ1) is 14.6.